The average Bonchev–Trinajstić information content (AvgIpc) is 2.36. The molecule has 0 atom stereocenters. The highest BCUT2D eigenvalue weighted by atomic mass is 32.2. The molecule has 0 aliphatic rings. The lowest BCUT2D eigenvalue weighted by molar-refractivity contribution is -0.137. The standard InChI is InChI=1S/C9H12N2O5S/c1-16-11(7-9(12)10-13)17(14,15)8-5-3-2-4-6-8/h2-6,13H,7H2,1H3,(H,10,12). The van der Waals surface area contributed by atoms with E-state index >= 15 is 0 Å². The number of nitrogens with one attached hydrogen (secondary N) is 1. The summed E-state index contributed by atoms with van der Waals surface area (Å²) in [4.78, 5) is 15.5. The van der Waals surface area contributed by atoms with Gasteiger partial charge in [0.15, 0.2) is 0 Å². The minimum absolute atomic E-state index is 0.00686. The summed E-state index contributed by atoms with van der Waals surface area (Å²) < 4.78 is 24.4. The molecule has 0 aliphatic heterocycles. The van der Waals surface area contributed by atoms with Crippen molar-refractivity contribution < 1.29 is 23.3 Å². The summed E-state index contributed by atoms with van der Waals surface area (Å²) in [7, 11) is -2.80. The van der Waals surface area contributed by atoms with Gasteiger partial charge in [-0.05, 0) is 12.1 Å². The maximum Gasteiger partial charge on any atom is 0.265 e. The summed E-state index contributed by atoms with van der Waals surface area (Å²) in [6, 6.07) is 7.51. The van der Waals surface area contributed by atoms with Gasteiger partial charge in [0, 0.05) is 0 Å². The predicted molar refractivity (Wildman–Crippen MR) is 57.3 cm³/mol. The van der Waals surface area contributed by atoms with Gasteiger partial charge in [-0.3, -0.25) is 14.8 Å². The fourth-order valence-electron chi connectivity index (χ4n) is 1.11. The Hall–Kier alpha value is -1.48. The van der Waals surface area contributed by atoms with Crippen molar-refractivity contribution in [1.29, 1.82) is 0 Å². The third kappa shape index (κ3) is 3.24. The van der Waals surface area contributed by atoms with Crippen LogP contribution in [0.2, 0.25) is 0 Å². The lowest BCUT2D eigenvalue weighted by Gasteiger charge is -2.18. The number of rotatable bonds is 5. The summed E-state index contributed by atoms with van der Waals surface area (Å²) in [5, 5.41) is 8.34. The molecule has 17 heavy (non-hydrogen) atoms. The van der Waals surface area contributed by atoms with Crippen LogP contribution < -0.4 is 5.48 Å². The van der Waals surface area contributed by atoms with Crippen molar-refractivity contribution >= 4 is 15.9 Å². The second-order valence-electron chi connectivity index (χ2n) is 3.00. The number of hydrogen-bond donors (Lipinski definition) is 2. The van der Waals surface area contributed by atoms with E-state index in [2.05, 4.69) is 4.84 Å². The summed E-state index contributed by atoms with van der Waals surface area (Å²) in [6.45, 7) is -0.635. The zero-order valence-corrected chi connectivity index (χ0v) is 9.85. The van der Waals surface area contributed by atoms with E-state index in [-0.39, 0.29) is 4.90 Å². The Balaban J connectivity index is 2.99. The highest BCUT2D eigenvalue weighted by Crippen LogP contribution is 2.14. The Kier molecular flexibility index (Phi) is 4.58. The van der Waals surface area contributed by atoms with Gasteiger partial charge >= 0.3 is 0 Å². The molecule has 1 rings (SSSR count). The van der Waals surface area contributed by atoms with E-state index in [1.165, 1.54) is 17.6 Å². The molecule has 0 unspecified atom stereocenters. The van der Waals surface area contributed by atoms with Crippen LogP contribution in [-0.4, -0.2) is 37.7 Å². The zero-order valence-electron chi connectivity index (χ0n) is 9.03. The Morgan fingerprint density at radius 3 is 2.47 bits per heavy atom. The van der Waals surface area contributed by atoms with Crippen LogP contribution in [0, 0.1) is 0 Å². The van der Waals surface area contributed by atoms with Gasteiger partial charge in [-0.15, -0.1) is 0 Å². The van der Waals surface area contributed by atoms with E-state index in [1.54, 1.807) is 18.2 Å². The number of sulfonamides is 1. The molecule has 1 aromatic carbocycles. The molecule has 0 fully saturated rings. The van der Waals surface area contributed by atoms with Crippen LogP contribution in [0.3, 0.4) is 0 Å². The minimum atomic E-state index is -3.92. The van der Waals surface area contributed by atoms with Crippen molar-refractivity contribution in [3.05, 3.63) is 30.3 Å². The number of hydroxylamine groups is 2. The largest absolute Gasteiger partial charge is 0.289 e. The molecule has 0 heterocycles. The Morgan fingerprint density at radius 2 is 2.00 bits per heavy atom. The lowest BCUT2D eigenvalue weighted by atomic mass is 10.4. The van der Waals surface area contributed by atoms with Crippen LogP contribution in [0.1, 0.15) is 0 Å². The predicted octanol–water partition coefficient (Wildman–Crippen LogP) is -0.256. The number of hydrogen-bond acceptors (Lipinski definition) is 5. The second kappa shape index (κ2) is 5.73. The maximum absolute atomic E-state index is 12.0. The van der Waals surface area contributed by atoms with Crippen LogP contribution in [0.15, 0.2) is 35.2 Å². The highest BCUT2D eigenvalue weighted by molar-refractivity contribution is 7.89. The normalized spacial score (nSPS) is 11.5. The summed E-state index contributed by atoms with van der Waals surface area (Å²) in [6.07, 6.45) is 0. The van der Waals surface area contributed by atoms with Crippen molar-refractivity contribution in [2.45, 2.75) is 4.90 Å². The first-order valence-electron chi connectivity index (χ1n) is 4.57. The second-order valence-corrected chi connectivity index (χ2v) is 4.83. The molecule has 8 heteroatoms. The van der Waals surface area contributed by atoms with Gasteiger partial charge < -0.3 is 0 Å². The Morgan fingerprint density at radius 1 is 1.41 bits per heavy atom. The van der Waals surface area contributed by atoms with E-state index in [1.807, 2.05) is 0 Å². The topological polar surface area (TPSA) is 95.9 Å². The summed E-state index contributed by atoms with van der Waals surface area (Å²) in [5.41, 5.74) is 1.33. The summed E-state index contributed by atoms with van der Waals surface area (Å²) >= 11 is 0. The lowest BCUT2D eigenvalue weighted by Crippen LogP contribution is -2.39. The van der Waals surface area contributed by atoms with Gasteiger partial charge in [-0.2, -0.15) is 0 Å². The molecule has 2 N–H and O–H groups in total. The smallest absolute Gasteiger partial charge is 0.265 e. The van der Waals surface area contributed by atoms with Crippen molar-refractivity contribution in [3.8, 4) is 0 Å². The molecule has 0 aliphatic carbocycles. The maximum atomic E-state index is 12.0. The van der Waals surface area contributed by atoms with Gasteiger partial charge in [-0.25, -0.2) is 13.9 Å². The SMILES string of the molecule is CON(CC(=O)NO)S(=O)(=O)c1ccccc1. The van der Waals surface area contributed by atoms with Gasteiger partial charge in [0.25, 0.3) is 15.9 Å². The van der Waals surface area contributed by atoms with Gasteiger partial charge in [0.05, 0.1) is 12.0 Å². The monoisotopic (exact) mass is 260 g/mol. The molecule has 94 valence electrons. The van der Waals surface area contributed by atoms with Crippen molar-refractivity contribution in [2.75, 3.05) is 13.7 Å². The van der Waals surface area contributed by atoms with E-state index in [9.17, 15) is 13.2 Å². The molecule has 7 nitrogen and oxygen atoms in total. The van der Waals surface area contributed by atoms with Gasteiger partial charge in [-0.1, -0.05) is 22.7 Å². The number of benzene rings is 1. The molecule has 0 radical (unpaired) electrons. The first-order valence-corrected chi connectivity index (χ1v) is 6.01. The van der Waals surface area contributed by atoms with E-state index in [0.29, 0.717) is 4.47 Å². The van der Waals surface area contributed by atoms with Crippen LogP contribution in [-0.2, 0) is 19.7 Å². The Bertz CT molecular complexity index is 473. The highest BCUT2D eigenvalue weighted by Gasteiger charge is 2.26. The number of carbonyl (C=O) groups excluding carboxylic acids is 1. The van der Waals surface area contributed by atoms with Crippen molar-refractivity contribution in [2.24, 2.45) is 0 Å². The first-order chi connectivity index (χ1) is 8.02. The molecule has 0 spiro atoms. The molecule has 0 aromatic heterocycles. The molecule has 0 bridgehead atoms. The quantitative estimate of drug-likeness (QED) is 0.562. The Labute approximate surface area is 98.6 Å². The summed E-state index contributed by atoms with van der Waals surface area (Å²) in [5.74, 6) is -0.897. The molecule has 1 aromatic rings. The van der Waals surface area contributed by atoms with Crippen LogP contribution in [0.25, 0.3) is 0 Å². The first kappa shape index (κ1) is 13.6. The molecular formula is C9H12N2O5S. The molecule has 0 saturated carbocycles. The fourth-order valence-corrected chi connectivity index (χ4v) is 2.33. The fraction of sp³-hybridized carbons (Fsp3) is 0.222. The van der Waals surface area contributed by atoms with E-state index in [0.717, 1.165) is 7.11 Å². The average molecular weight is 260 g/mol. The zero-order chi connectivity index (χ0) is 12.9. The van der Waals surface area contributed by atoms with Crippen molar-refractivity contribution in [3.63, 3.8) is 0 Å². The van der Waals surface area contributed by atoms with Crippen LogP contribution in [0.5, 0.6) is 0 Å². The van der Waals surface area contributed by atoms with Crippen LogP contribution in [0.4, 0.5) is 0 Å². The number of nitrogens with zero attached hydrogens (tertiary/aromatic N) is 1. The van der Waals surface area contributed by atoms with Gasteiger partial charge in [0.2, 0.25) is 0 Å². The van der Waals surface area contributed by atoms with E-state index in [4.69, 9.17) is 5.21 Å². The van der Waals surface area contributed by atoms with Crippen molar-refractivity contribution in [1.82, 2.24) is 9.95 Å². The molecule has 0 saturated heterocycles. The van der Waals surface area contributed by atoms with Crippen LogP contribution >= 0.6 is 0 Å². The third-order valence-corrected chi connectivity index (χ3v) is 3.59. The van der Waals surface area contributed by atoms with E-state index < -0.39 is 22.5 Å². The number of carbonyl (C=O) groups is 1. The third-order valence-electron chi connectivity index (χ3n) is 1.91. The van der Waals surface area contributed by atoms with Gasteiger partial charge in [0.1, 0.15) is 6.54 Å². The number of amides is 1. The molecule has 1 amide bonds. The minimum Gasteiger partial charge on any atom is -0.289 e. The molecular weight excluding hydrogens is 248 g/mol.